The summed E-state index contributed by atoms with van der Waals surface area (Å²) < 4.78 is 25.1. The van der Waals surface area contributed by atoms with Gasteiger partial charge in [0.1, 0.15) is 0 Å². The molecular formula is C9H13BrN2O2S. The van der Waals surface area contributed by atoms with Crippen molar-refractivity contribution in [3.63, 3.8) is 0 Å². The lowest BCUT2D eigenvalue weighted by atomic mass is 10.3. The van der Waals surface area contributed by atoms with Crippen molar-refractivity contribution < 1.29 is 8.42 Å². The zero-order chi connectivity index (χ0) is 11.5. The Labute approximate surface area is 98.3 Å². The number of nitrogens with zero attached hydrogens (tertiary/aromatic N) is 1. The first kappa shape index (κ1) is 12.5. The number of nitrogens with two attached hydrogens (primary N) is 1. The maximum Gasteiger partial charge on any atom is 0.232 e. The Hall–Kier alpha value is -0.590. The predicted octanol–water partition coefficient (Wildman–Crippen LogP) is 1.17. The molecule has 4 nitrogen and oxygen atoms in total. The van der Waals surface area contributed by atoms with Gasteiger partial charge in [-0.2, -0.15) is 0 Å². The lowest BCUT2D eigenvalue weighted by Crippen LogP contribution is -2.34. The van der Waals surface area contributed by atoms with Gasteiger partial charge in [0, 0.05) is 17.6 Å². The predicted molar refractivity (Wildman–Crippen MR) is 65.4 cm³/mol. The summed E-state index contributed by atoms with van der Waals surface area (Å²) in [5.41, 5.74) is 6.01. The molecule has 6 heteroatoms. The van der Waals surface area contributed by atoms with Crippen molar-refractivity contribution in [3.05, 3.63) is 28.7 Å². The zero-order valence-electron chi connectivity index (χ0n) is 8.35. The van der Waals surface area contributed by atoms with Crippen molar-refractivity contribution in [2.75, 3.05) is 23.7 Å². The largest absolute Gasteiger partial charge is 0.329 e. The smallest absolute Gasteiger partial charge is 0.232 e. The van der Waals surface area contributed by atoms with E-state index in [9.17, 15) is 8.42 Å². The van der Waals surface area contributed by atoms with E-state index in [2.05, 4.69) is 15.9 Å². The van der Waals surface area contributed by atoms with Gasteiger partial charge in [-0.1, -0.05) is 15.9 Å². The molecule has 1 aromatic carbocycles. The highest BCUT2D eigenvalue weighted by Crippen LogP contribution is 2.20. The maximum atomic E-state index is 11.5. The Morgan fingerprint density at radius 2 is 1.87 bits per heavy atom. The van der Waals surface area contributed by atoms with E-state index in [4.69, 9.17) is 5.73 Å². The van der Waals surface area contributed by atoms with E-state index in [0.29, 0.717) is 18.8 Å². The fourth-order valence-corrected chi connectivity index (χ4v) is 2.42. The zero-order valence-corrected chi connectivity index (χ0v) is 10.8. The molecule has 0 aliphatic rings. The van der Waals surface area contributed by atoms with Crippen LogP contribution in [0.2, 0.25) is 0 Å². The maximum absolute atomic E-state index is 11.5. The van der Waals surface area contributed by atoms with Crippen molar-refractivity contribution in [2.24, 2.45) is 5.73 Å². The number of halogens is 1. The summed E-state index contributed by atoms with van der Waals surface area (Å²) in [5.74, 6) is 0. The molecule has 0 fully saturated rings. The minimum Gasteiger partial charge on any atom is -0.329 e. The molecule has 0 aliphatic heterocycles. The number of hydrogen-bond donors (Lipinski definition) is 1. The second-order valence-electron chi connectivity index (χ2n) is 3.10. The topological polar surface area (TPSA) is 63.4 Å². The average molecular weight is 293 g/mol. The summed E-state index contributed by atoms with van der Waals surface area (Å²) in [6.07, 6.45) is 1.17. The van der Waals surface area contributed by atoms with Crippen molar-refractivity contribution in [1.82, 2.24) is 0 Å². The van der Waals surface area contributed by atoms with Gasteiger partial charge in [0.05, 0.1) is 11.9 Å². The number of sulfonamides is 1. The van der Waals surface area contributed by atoms with Gasteiger partial charge in [0.25, 0.3) is 0 Å². The Morgan fingerprint density at radius 1 is 1.33 bits per heavy atom. The molecule has 0 amide bonds. The van der Waals surface area contributed by atoms with Gasteiger partial charge >= 0.3 is 0 Å². The highest BCUT2D eigenvalue weighted by Gasteiger charge is 2.15. The molecule has 0 unspecified atom stereocenters. The summed E-state index contributed by atoms with van der Waals surface area (Å²) in [4.78, 5) is 0. The number of benzene rings is 1. The minimum atomic E-state index is -3.25. The Bertz CT molecular complexity index is 416. The summed E-state index contributed by atoms with van der Waals surface area (Å²) in [6, 6.07) is 7.07. The molecule has 0 heterocycles. The molecular weight excluding hydrogens is 280 g/mol. The van der Waals surface area contributed by atoms with Gasteiger partial charge in [0.15, 0.2) is 0 Å². The third kappa shape index (κ3) is 3.48. The van der Waals surface area contributed by atoms with Crippen LogP contribution in [0.3, 0.4) is 0 Å². The minimum absolute atomic E-state index is 0.292. The quantitative estimate of drug-likeness (QED) is 0.906. The molecule has 0 saturated heterocycles. The number of anilines is 1. The second kappa shape index (κ2) is 4.96. The Kier molecular flexibility index (Phi) is 4.12. The molecule has 0 aliphatic carbocycles. The highest BCUT2D eigenvalue weighted by molar-refractivity contribution is 9.10. The van der Waals surface area contributed by atoms with Crippen molar-refractivity contribution in [2.45, 2.75) is 0 Å². The van der Waals surface area contributed by atoms with E-state index in [0.717, 1.165) is 4.47 Å². The van der Waals surface area contributed by atoms with Crippen LogP contribution in [0.1, 0.15) is 0 Å². The summed E-state index contributed by atoms with van der Waals surface area (Å²) in [7, 11) is -3.25. The van der Waals surface area contributed by atoms with Crippen LogP contribution < -0.4 is 10.0 Å². The Balaban J connectivity index is 3.05. The summed E-state index contributed by atoms with van der Waals surface area (Å²) >= 11 is 3.29. The van der Waals surface area contributed by atoms with Crippen LogP contribution >= 0.6 is 15.9 Å². The van der Waals surface area contributed by atoms with Gasteiger partial charge in [-0.05, 0) is 24.3 Å². The lowest BCUT2D eigenvalue weighted by molar-refractivity contribution is 0.597. The third-order valence-corrected chi connectivity index (χ3v) is 3.57. The van der Waals surface area contributed by atoms with Crippen molar-refractivity contribution in [3.8, 4) is 0 Å². The average Bonchev–Trinajstić information content (AvgIpc) is 2.14. The van der Waals surface area contributed by atoms with Gasteiger partial charge < -0.3 is 5.73 Å². The van der Waals surface area contributed by atoms with E-state index in [1.807, 2.05) is 0 Å². The second-order valence-corrected chi connectivity index (χ2v) is 5.92. The van der Waals surface area contributed by atoms with Crippen LogP contribution in [0.5, 0.6) is 0 Å². The fourth-order valence-electron chi connectivity index (χ4n) is 1.21. The van der Waals surface area contributed by atoms with Gasteiger partial charge in [0.2, 0.25) is 10.0 Å². The molecule has 15 heavy (non-hydrogen) atoms. The molecule has 0 spiro atoms. The van der Waals surface area contributed by atoms with Gasteiger partial charge in [-0.25, -0.2) is 8.42 Å². The SMILES string of the molecule is CS(=O)(=O)N(CCN)c1ccc(Br)cc1. The first-order chi connectivity index (χ1) is 6.95. The molecule has 0 atom stereocenters. The van der Waals surface area contributed by atoms with Gasteiger partial charge in [-0.15, -0.1) is 0 Å². The highest BCUT2D eigenvalue weighted by atomic mass is 79.9. The van der Waals surface area contributed by atoms with Crippen LogP contribution in [0.25, 0.3) is 0 Å². The third-order valence-electron chi connectivity index (χ3n) is 1.85. The molecule has 1 aromatic rings. The van der Waals surface area contributed by atoms with Crippen LogP contribution in [-0.2, 0) is 10.0 Å². The van der Waals surface area contributed by atoms with E-state index in [1.165, 1.54) is 10.6 Å². The lowest BCUT2D eigenvalue weighted by Gasteiger charge is -2.21. The van der Waals surface area contributed by atoms with Crippen molar-refractivity contribution in [1.29, 1.82) is 0 Å². The molecule has 1 rings (SSSR count). The monoisotopic (exact) mass is 292 g/mol. The number of hydrogen-bond acceptors (Lipinski definition) is 3. The standard InChI is InChI=1S/C9H13BrN2O2S/c1-15(13,14)12(7-6-11)9-4-2-8(10)3-5-9/h2-5H,6-7,11H2,1H3. The summed E-state index contributed by atoms with van der Waals surface area (Å²) in [6.45, 7) is 0.587. The normalized spacial score (nSPS) is 11.4. The first-order valence-electron chi connectivity index (χ1n) is 4.38. The number of rotatable bonds is 4. The first-order valence-corrected chi connectivity index (χ1v) is 7.02. The molecule has 0 radical (unpaired) electrons. The molecule has 0 saturated carbocycles. The van der Waals surface area contributed by atoms with Crippen LogP contribution in [0.15, 0.2) is 28.7 Å². The molecule has 2 N–H and O–H groups in total. The van der Waals surface area contributed by atoms with E-state index >= 15 is 0 Å². The van der Waals surface area contributed by atoms with E-state index in [1.54, 1.807) is 24.3 Å². The molecule has 0 aromatic heterocycles. The van der Waals surface area contributed by atoms with Crippen molar-refractivity contribution >= 4 is 31.6 Å². The van der Waals surface area contributed by atoms with Crippen LogP contribution in [-0.4, -0.2) is 27.8 Å². The fraction of sp³-hybridized carbons (Fsp3) is 0.333. The van der Waals surface area contributed by atoms with E-state index < -0.39 is 10.0 Å². The Morgan fingerprint density at radius 3 is 2.27 bits per heavy atom. The van der Waals surface area contributed by atoms with Gasteiger partial charge in [-0.3, -0.25) is 4.31 Å². The molecule has 0 bridgehead atoms. The van der Waals surface area contributed by atoms with Crippen LogP contribution in [0, 0.1) is 0 Å². The van der Waals surface area contributed by atoms with E-state index in [-0.39, 0.29) is 0 Å². The summed E-state index contributed by atoms with van der Waals surface area (Å²) in [5, 5.41) is 0. The molecule has 84 valence electrons. The van der Waals surface area contributed by atoms with Crippen LogP contribution in [0.4, 0.5) is 5.69 Å².